The van der Waals surface area contributed by atoms with Crippen molar-refractivity contribution >= 4 is 5.97 Å². The van der Waals surface area contributed by atoms with Crippen LogP contribution < -0.4 is 0 Å². The minimum absolute atomic E-state index is 0.170. The molecule has 104 valence electrons. The van der Waals surface area contributed by atoms with Crippen molar-refractivity contribution in [2.24, 2.45) is 0 Å². The molecule has 0 aliphatic heterocycles. The lowest BCUT2D eigenvalue weighted by atomic mass is 10.1. The van der Waals surface area contributed by atoms with E-state index >= 15 is 0 Å². The van der Waals surface area contributed by atoms with Crippen molar-refractivity contribution < 1.29 is 9.53 Å². The maximum Gasteiger partial charge on any atom is 0.302 e. The summed E-state index contributed by atoms with van der Waals surface area (Å²) in [5.41, 5.74) is 0. The summed E-state index contributed by atoms with van der Waals surface area (Å²) in [6.07, 6.45) is 18.2. The molecule has 0 atom stereocenters. The van der Waals surface area contributed by atoms with E-state index in [1.54, 1.807) is 0 Å². The third kappa shape index (κ3) is 14.9. The van der Waals surface area contributed by atoms with Gasteiger partial charge in [0.15, 0.2) is 0 Å². The van der Waals surface area contributed by atoms with E-state index in [-0.39, 0.29) is 5.97 Å². The Morgan fingerprint density at radius 3 is 2.22 bits per heavy atom. The van der Waals surface area contributed by atoms with Gasteiger partial charge < -0.3 is 4.74 Å². The Morgan fingerprint density at radius 1 is 0.944 bits per heavy atom. The summed E-state index contributed by atoms with van der Waals surface area (Å²) in [7, 11) is 0. The second-order valence-corrected chi connectivity index (χ2v) is 4.54. The van der Waals surface area contributed by atoms with Crippen LogP contribution in [0.1, 0.15) is 65.2 Å². The van der Waals surface area contributed by atoms with Crippen molar-refractivity contribution in [2.45, 2.75) is 65.2 Å². The first-order valence-electron chi connectivity index (χ1n) is 7.22. The molecule has 0 saturated carbocycles. The number of rotatable bonds is 11. The molecule has 0 amide bonds. The average Bonchev–Trinajstić information content (AvgIpc) is 2.34. The van der Waals surface area contributed by atoms with Crippen molar-refractivity contribution in [3.05, 3.63) is 24.3 Å². The molecule has 0 aromatic rings. The number of hydrogen-bond acceptors (Lipinski definition) is 2. The van der Waals surface area contributed by atoms with Crippen molar-refractivity contribution in [3.8, 4) is 0 Å². The Bertz CT molecular complexity index is 241. The molecule has 2 heteroatoms. The van der Waals surface area contributed by atoms with E-state index in [0.717, 1.165) is 12.8 Å². The van der Waals surface area contributed by atoms with Gasteiger partial charge in [0.1, 0.15) is 0 Å². The Labute approximate surface area is 112 Å². The molecule has 0 bridgehead atoms. The van der Waals surface area contributed by atoms with Gasteiger partial charge in [0.05, 0.1) is 6.61 Å². The van der Waals surface area contributed by atoms with Crippen molar-refractivity contribution in [3.63, 3.8) is 0 Å². The summed E-state index contributed by atoms with van der Waals surface area (Å²) in [5, 5.41) is 0. The lowest BCUT2D eigenvalue weighted by molar-refractivity contribution is -0.141. The van der Waals surface area contributed by atoms with Crippen molar-refractivity contribution in [1.82, 2.24) is 0 Å². The highest BCUT2D eigenvalue weighted by Gasteiger charge is 1.93. The van der Waals surface area contributed by atoms with Crippen LogP contribution in [0, 0.1) is 0 Å². The summed E-state index contributed by atoms with van der Waals surface area (Å²) in [4.78, 5) is 10.5. The van der Waals surface area contributed by atoms with Crippen LogP contribution in [-0.2, 0) is 9.53 Å². The van der Waals surface area contributed by atoms with Crippen LogP contribution in [0.25, 0.3) is 0 Å². The van der Waals surface area contributed by atoms with Crippen LogP contribution in [0.15, 0.2) is 24.3 Å². The zero-order valence-electron chi connectivity index (χ0n) is 12.0. The highest BCUT2D eigenvalue weighted by atomic mass is 16.5. The van der Waals surface area contributed by atoms with Gasteiger partial charge in [-0.25, -0.2) is 0 Å². The van der Waals surface area contributed by atoms with Crippen LogP contribution in [0.2, 0.25) is 0 Å². The van der Waals surface area contributed by atoms with Crippen LogP contribution in [0.5, 0.6) is 0 Å². The fraction of sp³-hybridized carbons (Fsp3) is 0.688. The van der Waals surface area contributed by atoms with Crippen LogP contribution in [0.3, 0.4) is 0 Å². The van der Waals surface area contributed by atoms with Gasteiger partial charge >= 0.3 is 5.97 Å². The van der Waals surface area contributed by atoms with Gasteiger partial charge in [0, 0.05) is 6.92 Å². The molecule has 0 spiro atoms. The Hall–Kier alpha value is -1.05. The standard InChI is InChI=1S/C16H28O2/c1-3-4-5-6-7-8-9-10-11-12-13-14-15-18-16(2)17/h5-8H,3-4,9-15H2,1-2H3/b6-5-,8-7+. The molecule has 0 heterocycles. The van der Waals surface area contributed by atoms with Crippen LogP contribution in [0.4, 0.5) is 0 Å². The summed E-state index contributed by atoms with van der Waals surface area (Å²) in [5.74, 6) is -0.170. The SMILES string of the molecule is CCC/C=C\C=C\CCCCCCCOC(C)=O. The third-order valence-electron chi connectivity index (χ3n) is 2.66. The third-order valence-corrected chi connectivity index (χ3v) is 2.66. The summed E-state index contributed by atoms with van der Waals surface area (Å²) in [6.45, 7) is 4.23. The first-order valence-corrected chi connectivity index (χ1v) is 7.22. The highest BCUT2D eigenvalue weighted by Crippen LogP contribution is 2.06. The maximum absolute atomic E-state index is 10.5. The van der Waals surface area contributed by atoms with E-state index in [1.807, 2.05) is 0 Å². The van der Waals surface area contributed by atoms with Gasteiger partial charge in [-0.3, -0.25) is 4.79 Å². The number of allylic oxidation sites excluding steroid dienone is 4. The maximum atomic E-state index is 10.5. The van der Waals surface area contributed by atoms with Crippen LogP contribution in [-0.4, -0.2) is 12.6 Å². The lowest BCUT2D eigenvalue weighted by Crippen LogP contribution is -1.99. The molecule has 18 heavy (non-hydrogen) atoms. The van der Waals surface area contributed by atoms with E-state index in [0.29, 0.717) is 6.61 Å². The molecular weight excluding hydrogens is 224 g/mol. The molecular formula is C16H28O2. The monoisotopic (exact) mass is 252 g/mol. The Balaban J connectivity index is 3.13. The quantitative estimate of drug-likeness (QED) is 0.300. The Morgan fingerprint density at radius 2 is 1.56 bits per heavy atom. The summed E-state index contributed by atoms with van der Waals surface area (Å²) >= 11 is 0. The Kier molecular flexibility index (Phi) is 13.2. The van der Waals surface area contributed by atoms with Gasteiger partial charge in [0.2, 0.25) is 0 Å². The normalized spacial score (nSPS) is 11.4. The van der Waals surface area contributed by atoms with Gasteiger partial charge in [-0.2, -0.15) is 0 Å². The fourth-order valence-corrected chi connectivity index (χ4v) is 1.63. The zero-order chi connectivity index (χ0) is 13.5. The molecule has 0 aromatic heterocycles. The van der Waals surface area contributed by atoms with Crippen molar-refractivity contribution in [2.75, 3.05) is 6.61 Å². The molecule has 0 aliphatic carbocycles. The van der Waals surface area contributed by atoms with E-state index < -0.39 is 0 Å². The predicted molar refractivity (Wildman–Crippen MR) is 77.5 cm³/mol. The minimum atomic E-state index is -0.170. The summed E-state index contributed by atoms with van der Waals surface area (Å²) in [6, 6.07) is 0. The number of unbranched alkanes of at least 4 members (excludes halogenated alkanes) is 6. The molecule has 0 radical (unpaired) electrons. The number of ether oxygens (including phenoxy) is 1. The number of esters is 1. The average molecular weight is 252 g/mol. The van der Waals surface area contributed by atoms with Gasteiger partial charge in [-0.05, 0) is 25.7 Å². The number of hydrogen-bond donors (Lipinski definition) is 0. The first-order chi connectivity index (χ1) is 8.77. The number of carbonyl (C=O) groups is 1. The number of carbonyl (C=O) groups excluding carboxylic acids is 1. The van der Waals surface area contributed by atoms with E-state index in [2.05, 4.69) is 31.2 Å². The molecule has 0 unspecified atom stereocenters. The van der Waals surface area contributed by atoms with E-state index in [4.69, 9.17) is 4.74 Å². The van der Waals surface area contributed by atoms with Gasteiger partial charge in [-0.1, -0.05) is 56.9 Å². The predicted octanol–water partition coefficient (Wildman–Crippen LogP) is 4.80. The van der Waals surface area contributed by atoms with Gasteiger partial charge in [-0.15, -0.1) is 0 Å². The highest BCUT2D eigenvalue weighted by molar-refractivity contribution is 5.65. The molecule has 0 aliphatic rings. The second-order valence-electron chi connectivity index (χ2n) is 4.54. The summed E-state index contributed by atoms with van der Waals surface area (Å²) < 4.78 is 4.88. The zero-order valence-corrected chi connectivity index (χ0v) is 12.0. The molecule has 0 N–H and O–H groups in total. The van der Waals surface area contributed by atoms with Crippen LogP contribution >= 0.6 is 0 Å². The smallest absolute Gasteiger partial charge is 0.302 e. The molecule has 0 rings (SSSR count). The molecule has 2 nitrogen and oxygen atoms in total. The molecule has 0 aromatic carbocycles. The van der Waals surface area contributed by atoms with Crippen molar-refractivity contribution in [1.29, 1.82) is 0 Å². The molecule has 0 saturated heterocycles. The lowest BCUT2D eigenvalue weighted by Gasteiger charge is -2.01. The minimum Gasteiger partial charge on any atom is -0.466 e. The largest absolute Gasteiger partial charge is 0.466 e. The van der Waals surface area contributed by atoms with E-state index in [9.17, 15) is 4.79 Å². The first kappa shape index (κ1) is 16.9. The van der Waals surface area contributed by atoms with E-state index in [1.165, 1.54) is 45.4 Å². The fourth-order valence-electron chi connectivity index (χ4n) is 1.63. The van der Waals surface area contributed by atoms with Gasteiger partial charge in [0.25, 0.3) is 0 Å². The molecule has 0 fully saturated rings. The second kappa shape index (κ2) is 14.0. The topological polar surface area (TPSA) is 26.3 Å².